The van der Waals surface area contributed by atoms with Gasteiger partial charge in [-0.05, 0) is 0 Å². The van der Waals surface area contributed by atoms with Gasteiger partial charge in [0.15, 0.2) is 0 Å². The Morgan fingerprint density at radius 3 is 2.00 bits per heavy atom. The third-order valence-electron chi connectivity index (χ3n) is 6.16. The predicted molar refractivity (Wildman–Crippen MR) is 124 cm³/mol. The predicted octanol–water partition coefficient (Wildman–Crippen LogP) is 2.85. The van der Waals surface area contributed by atoms with Crippen LogP contribution in [0.15, 0.2) is 21.9 Å². The number of aromatic amines is 1. The standard InChI is InChI=1S/C15H31.C9H11N2O6.Ir/c1-3-5-7-9-11-13-15-14-12-10-8-6-4-2;12-3-4-6(14)7(15)8(17-4)11-2-1-5(13)10-9(11)16;/h1,3-15H2,2H3;1-2,4,6-7,12,14-15H,3H2,(H,10,13,16);/t;4-,6-,7-;/m.1./s1. The first-order chi connectivity index (χ1) is 16.0. The molecular weight excluding hydrogens is 604 g/mol. The fraction of sp³-hybridized carbons (Fsp3) is 0.833. The van der Waals surface area contributed by atoms with Crippen LogP contribution in [-0.4, -0.2) is 49.8 Å². The van der Waals surface area contributed by atoms with Crippen LogP contribution >= 0.6 is 0 Å². The number of nitrogens with one attached hydrogen (secondary N) is 1. The summed E-state index contributed by atoms with van der Waals surface area (Å²) in [6, 6.07) is 1.20. The van der Waals surface area contributed by atoms with Crippen molar-refractivity contribution in [3.63, 3.8) is 0 Å². The van der Waals surface area contributed by atoms with Gasteiger partial charge in [-0.1, -0.05) is 19.8 Å². The number of aliphatic hydroxyl groups is 3. The molecular formula is C24H42IrN2O6. The molecule has 0 saturated carbocycles. The molecule has 0 spiro atoms. The number of hydrogen-bond acceptors (Lipinski definition) is 6. The molecule has 0 bridgehead atoms. The quantitative estimate of drug-likeness (QED) is 0.193. The summed E-state index contributed by atoms with van der Waals surface area (Å²) in [5.41, 5.74) is -1.21. The van der Waals surface area contributed by atoms with Gasteiger partial charge in [-0.25, -0.2) is 0 Å². The van der Waals surface area contributed by atoms with E-state index in [9.17, 15) is 24.9 Å². The Kier molecular flexibility index (Phi) is 13.1. The number of nitrogens with zero attached hydrogens (tertiary/aromatic N) is 1. The molecule has 0 aromatic carbocycles. The average molecular weight is 647 g/mol. The first kappa shape index (κ1) is 28.4. The van der Waals surface area contributed by atoms with Crippen molar-refractivity contribution in [3.05, 3.63) is 33.1 Å². The molecule has 1 aliphatic rings. The SMILES string of the molecule is CCCCCCCCCCCCCC[CH2][Ir][C@@]1(n2ccc(=O)[nH]c2=O)O[C@H](CO)[C@@H](O)[C@H]1O. The molecule has 1 saturated heterocycles. The summed E-state index contributed by atoms with van der Waals surface area (Å²) in [5, 5.41) is 30.6. The number of H-pyrrole nitrogens is 1. The summed E-state index contributed by atoms with van der Waals surface area (Å²) in [6.07, 6.45) is 14.2. The second-order valence-electron chi connectivity index (χ2n) is 8.86. The number of unbranched alkanes of at least 4 members (excludes halogenated alkanes) is 12. The average Bonchev–Trinajstić information content (AvgIpc) is 3.04. The molecule has 1 aromatic rings. The Balaban J connectivity index is 1.73. The zero-order valence-corrected chi connectivity index (χ0v) is 22.2. The molecule has 4 N–H and O–H groups in total. The van der Waals surface area contributed by atoms with Gasteiger partial charge < -0.3 is 0 Å². The van der Waals surface area contributed by atoms with Gasteiger partial charge in [0.2, 0.25) is 0 Å². The molecule has 2 heterocycles. The van der Waals surface area contributed by atoms with Gasteiger partial charge in [-0.2, -0.15) is 0 Å². The zero-order chi connectivity index (χ0) is 24.1. The Morgan fingerprint density at radius 2 is 1.52 bits per heavy atom. The van der Waals surface area contributed by atoms with Crippen LogP contribution in [0.5, 0.6) is 0 Å². The number of aliphatic hydroxyl groups excluding tert-OH is 3. The fourth-order valence-corrected chi connectivity index (χ4v) is 8.36. The van der Waals surface area contributed by atoms with Crippen molar-refractivity contribution in [2.45, 2.75) is 118 Å². The summed E-state index contributed by atoms with van der Waals surface area (Å²) >= 11 is -1.08. The first-order valence-electron chi connectivity index (χ1n) is 12.5. The molecule has 0 aliphatic carbocycles. The van der Waals surface area contributed by atoms with E-state index >= 15 is 0 Å². The van der Waals surface area contributed by atoms with Crippen molar-refractivity contribution < 1.29 is 37.7 Å². The van der Waals surface area contributed by atoms with Crippen molar-refractivity contribution >= 4 is 0 Å². The maximum atomic E-state index is 12.4. The van der Waals surface area contributed by atoms with Crippen LogP contribution in [0.3, 0.4) is 0 Å². The van der Waals surface area contributed by atoms with Gasteiger partial charge in [0, 0.05) is 0 Å². The number of aromatic nitrogens is 2. The van der Waals surface area contributed by atoms with E-state index in [2.05, 4.69) is 11.9 Å². The van der Waals surface area contributed by atoms with Crippen molar-refractivity contribution in [1.29, 1.82) is 0 Å². The molecule has 1 fully saturated rings. The van der Waals surface area contributed by atoms with Gasteiger partial charge in [-0.15, -0.1) is 0 Å². The van der Waals surface area contributed by atoms with E-state index in [1.54, 1.807) is 0 Å². The Bertz CT molecular complexity index is 785. The molecule has 2 rings (SSSR count). The minimum atomic E-state index is -1.38. The molecule has 4 atom stereocenters. The van der Waals surface area contributed by atoms with Gasteiger partial charge in [0.1, 0.15) is 0 Å². The summed E-state index contributed by atoms with van der Waals surface area (Å²) in [4.78, 5) is 26.9. The van der Waals surface area contributed by atoms with Crippen LogP contribution in [0, 0.1) is 0 Å². The molecule has 1 aliphatic heterocycles. The zero-order valence-electron chi connectivity index (χ0n) is 19.8. The Labute approximate surface area is 204 Å². The summed E-state index contributed by atoms with van der Waals surface area (Å²) in [7, 11) is 0. The summed E-state index contributed by atoms with van der Waals surface area (Å²) in [6.45, 7) is 1.79. The van der Waals surface area contributed by atoms with Crippen LogP contribution in [0.4, 0.5) is 0 Å². The van der Waals surface area contributed by atoms with Gasteiger partial charge >= 0.3 is 185 Å². The van der Waals surface area contributed by atoms with Crippen molar-refractivity contribution in [2.24, 2.45) is 0 Å². The van der Waals surface area contributed by atoms with Crippen LogP contribution in [0.1, 0.15) is 90.4 Å². The molecule has 9 heteroatoms. The van der Waals surface area contributed by atoms with E-state index in [-0.39, 0.29) is 0 Å². The minimum absolute atomic E-state index is 0.455. The van der Waals surface area contributed by atoms with Crippen LogP contribution in [-0.2, 0) is 26.7 Å². The second-order valence-corrected chi connectivity index (χ2v) is 12.6. The normalized spacial score (nSPS) is 25.2. The number of hydrogen-bond donors (Lipinski definition) is 4. The Hall–Kier alpha value is -0.831. The van der Waals surface area contributed by atoms with E-state index in [1.807, 2.05) is 0 Å². The summed E-state index contributed by atoms with van der Waals surface area (Å²) in [5.74, 6) is 0. The molecule has 33 heavy (non-hydrogen) atoms. The van der Waals surface area contributed by atoms with Crippen molar-refractivity contribution in [1.82, 2.24) is 9.55 Å². The number of ether oxygens (including phenoxy) is 1. The molecule has 8 nitrogen and oxygen atoms in total. The molecule has 0 unspecified atom stereocenters. The van der Waals surface area contributed by atoms with Gasteiger partial charge in [-0.3, -0.25) is 0 Å². The first-order valence-corrected chi connectivity index (χ1v) is 15.4. The fourth-order valence-electron chi connectivity index (χ4n) is 4.18. The van der Waals surface area contributed by atoms with E-state index < -0.39 is 58.1 Å². The van der Waals surface area contributed by atoms with Gasteiger partial charge in [0.05, 0.1) is 0 Å². The number of rotatable bonds is 17. The van der Waals surface area contributed by atoms with Crippen molar-refractivity contribution in [3.8, 4) is 0 Å². The van der Waals surface area contributed by atoms with E-state index in [1.165, 1.54) is 87.5 Å². The third-order valence-corrected chi connectivity index (χ3v) is 10.4. The van der Waals surface area contributed by atoms with E-state index in [0.29, 0.717) is 0 Å². The van der Waals surface area contributed by atoms with Crippen molar-refractivity contribution in [2.75, 3.05) is 6.61 Å². The molecule has 0 radical (unpaired) electrons. The molecule has 1 aromatic heterocycles. The molecule has 0 amide bonds. The van der Waals surface area contributed by atoms with Crippen LogP contribution < -0.4 is 11.2 Å². The third kappa shape index (κ3) is 8.41. The van der Waals surface area contributed by atoms with Crippen LogP contribution in [0.25, 0.3) is 0 Å². The summed E-state index contributed by atoms with van der Waals surface area (Å²) < 4.78 is 5.70. The monoisotopic (exact) mass is 647 g/mol. The molecule has 193 valence electrons. The van der Waals surface area contributed by atoms with E-state index in [4.69, 9.17) is 4.74 Å². The van der Waals surface area contributed by atoms with E-state index in [0.717, 1.165) is 17.8 Å². The van der Waals surface area contributed by atoms with Gasteiger partial charge in [0.25, 0.3) is 0 Å². The topological polar surface area (TPSA) is 125 Å². The van der Waals surface area contributed by atoms with Crippen LogP contribution in [0.2, 0.25) is 4.93 Å². The maximum absolute atomic E-state index is 12.4. The Morgan fingerprint density at radius 1 is 0.970 bits per heavy atom. The second kappa shape index (κ2) is 15.2.